The summed E-state index contributed by atoms with van der Waals surface area (Å²) < 4.78 is 0.779. The predicted octanol–water partition coefficient (Wildman–Crippen LogP) is 2.55. The highest BCUT2D eigenvalue weighted by Crippen LogP contribution is 2.25. The molecule has 4 nitrogen and oxygen atoms in total. The Hall–Kier alpha value is -0.590. The number of nitro benzene ring substituents is 1. The molecular weight excluding hydrogens is 280 g/mol. The van der Waals surface area contributed by atoms with E-state index in [1.54, 1.807) is 17.8 Å². The molecule has 0 atom stereocenters. The van der Waals surface area contributed by atoms with Crippen molar-refractivity contribution in [3.63, 3.8) is 0 Å². The van der Waals surface area contributed by atoms with Crippen molar-refractivity contribution in [2.75, 3.05) is 12.3 Å². The van der Waals surface area contributed by atoms with Crippen molar-refractivity contribution in [1.82, 2.24) is 0 Å². The van der Waals surface area contributed by atoms with E-state index in [-0.39, 0.29) is 5.69 Å². The third-order valence-corrected chi connectivity index (χ3v) is 3.54. The summed E-state index contributed by atoms with van der Waals surface area (Å²) in [6.45, 7) is 0.648. The van der Waals surface area contributed by atoms with E-state index in [0.717, 1.165) is 21.5 Å². The van der Waals surface area contributed by atoms with Gasteiger partial charge in [0, 0.05) is 34.7 Å². The van der Waals surface area contributed by atoms with Crippen LogP contribution in [0.15, 0.2) is 22.7 Å². The topological polar surface area (TPSA) is 69.2 Å². The monoisotopic (exact) mass is 290 g/mol. The summed E-state index contributed by atoms with van der Waals surface area (Å²) in [5.41, 5.74) is 6.53. The van der Waals surface area contributed by atoms with Crippen LogP contribution in [0, 0.1) is 10.1 Å². The average molecular weight is 291 g/mol. The quantitative estimate of drug-likeness (QED) is 0.514. The van der Waals surface area contributed by atoms with Crippen LogP contribution in [0.3, 0.4) is 0 Å². The lowest BCUT2D eigenvalue weighted by Crippen LogP contribution is -2.01. The van der Waals surface area contributed by atoms with Gasteiger partial charge in [-0.1, -0.05) is 22.0 Å². The number of hydrogen-bond donors (Lipinski definition) is 1. The zero-order chi connectivity index (χ0) is 11.3. The zero-order valence-electron chi connectivity index (χ0n) is 7.98. The van der Waals surface area contributed by atoms with Gasteiger partial charge >= 0.3 is 0 Å². The van der Waals surface area contributed by atoms with Crippen molar-refractivity contribution in [3.05, 3.63) is 38.3 Å². The van der Waals surface area contributed by atoms with Crippen molar-refractivity contribution < 1.29 is 4.92 Å². The average Bonchev–Trinajstić information content (AvgIpc) is 2.20. The molecule has 0 amide bonds. The lowest BCUT2D eigenvalue weighted by atomic mass is 10.2. The molecule has 82 valence electrons. The molecule has 1 rings (SSSR count). The van der Waals surface area contributed by atoms with Crippen LogP contribution in [0.4, 0.5) is 5.69 Å². The molecule has 15 heavy (non-hydrogen) atoms. The van der Waals surface area contributed by atoms with E-state index in [0.29, 0.717) is 6.54 Å². The lowest BCUT2D eigenvalue weighted by molar-refractivity contribution is -0.384. The number of benzene rings is 1. The van der Waals surface area contributed by atoms with Gasteiger partial charge in [-0.15, -0.1) is 0 Å². The molecule has 1 aromatic carbocycles. The molecule has 0 aromatic heterocycles. The number of hydrogen-bond acceptors (Lipinski definition) is 4. The molecule has 0 aliphatic rings. The van der Waals surface area contributed by atoms with Gasteiger partial charge in [-0.2, -0.15) is 11.8 Å². The Kier molecular flexibility index (Phi) is 5.07. The maximum atomic E-state index is 10.5. The highest BCUT2D eigenvalue weighted by Gasteiger charge is 2.08. The molecule has 0 heterocycles. The molecule has 2 N–H and O–H groups in total. The third-order valence-electron chi connectivity index (χ3n) is 1.77. The first kappa shape index (κ1) is 12.5. The Morgan fingerprint density at radius 1 is 1.53 bits per heavy atom. The first-order chi connectivity index (χ1) is 7.15. The Morgan fingerprint density at radius 2 is 2.27 bits per heavy atom. The lowest BCUT2D eigenvalue weighted by Gasteiger charge is -2.03. The number of nitro groups is 1. The number of non-ortho nitro benzene ring substituents is 1. The van der Waals surface area contributed by atoms with Crippen molar-refractivity contribution >= 4 is 33.4 Å². The number of halogens is 1. The largest absolute Gasteiger partial charge is 0.330 e. The fraction of sp³-hybridized carbons (Fsp3) is 0.333. The number of thioether (sulfide) groups is 1. The Bertz CT molecular complexity index is 360. The van der Waals surface area contributed by atoms with Gasteiger partial charge in [0.2, 0.25) is 0 Å². The molecule has 0 unspecified atom stereocenters. The second-order valence-corrected chi connectivity index (χ2v) is 4.83. The van der Waals surface area contributed by atoms with E-state index in [1.165, 1.54) is 12.1 Å². The standard InChI is InChI=1S/C9H11BrN2O2S/c10-9-5-8(12(13)14)2-1-7(9)6-15-4-3-11/h1-2,5H,3-4,6,11H2. The van der Waals surface area contributed by atoms with E-state index >= 15 is 0 Å². The number of nitrogens with two attached hydrogens (primary N) is 1. The summed E-state index contributed by atoms with van der Waals surface area (Å²) >= 11 is 5.03. The SMILES string of the molecule is NCCSCc1ccc([N+](=O)[O-])cc1Br. The van der Waals surface area contributed by atoms with Gasteiger partial charge in [-0.05, 0) is 5.56 Å². The molecule has 6 heteroatoms. The van der Waals surface area contributed by atoms with Crippen molar-refractivity contribution in [2.24, 2.45) is 5.73 Å². The fourth-order valence-electron chi connectivity index (χ4n) is 1.03. The normalized spacial score (nSPS) is 10.3. The number of nitrogens with zero attached hydrogens (tertiary/aromatic N) is 1. The van der Waals surface area contributed by atoms with Gasteiger partial charge in [0.25, 0.3) is 5.69 Å². The summed E-state index contributed by atoms with van der Waals surface area (Å²) in [6.07, 6.45) is 0. The van der Waals surface area contributed by atoms with E-state index in [2.05, 4.69) is 15.9 Å². The highest BCUT2D eigenvalue weighted by molar-refractivity contribution is 9.10. The van der Waals surface area contributed by atoms with Crippen LogP contribution in [0.25, 0.3) is 0 Å². The summed E-state index contributed by atoms with van der Waals surface area (Å²) in [4.78, 5) is 10.1. The second-order valence-electron chi connectivity index (χ2n) is 2.87. The Labute approximate surface area is 101 Å². The molecule has 0 aliphatic heterocycles. The van der Waals surface area contributed by atoms with Gasteiger partial charge in [-0.25, -0.2) is 0 Å². The van der Waals surface area contributed by atoms with Crippen LogP contribution in [0.5, 0.6) is 0 Å². The van der Waals surface area contributed by atoms with Crippen LogP contribution in [0.2, 0.25) is 0 Å². The van der Waals surface area contributed by atoms with Gasteiger partial charge in [0.05, 0.1) is 4.92 Å². The van der Waals surface area contributed by atoms with E-state index < -0.39 is 4.92 Å². The van der Waals surface area contributed by atoms with Gasteiger partial charge in [-0.3, -0.25) is 10.1 Å². The summed E-state index contributed by atoms with van der Waals surface area (Å²) in [5.74, 6) is 1.71. The predicted molar refractivity (Wildman–Crippen MR) is 66.0 cm³/mol. The van der Waals surface area contributed by atoms with Crippen LogP contribution in [-0.4, -0.2) is 17.2 Å². The fourth-order valence-corrected chi connectivity index (χ4v) is 2.51. The molecule has 0 saturated heterocycles. The zero-order valence-corrected chi connectivity index (χ0v) is 10.4. The minimum atomic E-state index is -0.401. The Morgan fingerprint density at radius 3 is 2.80 bits per heavy atom. The van der Waals surface area contributed by atoms with E-state index in [9.17, 15) is 10.1 Å². The minimum Gasteiger partial charge on any atom is -0.330 e. The molecule has 0 radical (unpaired) electrons. The van der Waals surface area contributed by atoms with Crippen LogP contribution in [0.1, 0.15) is 5.56 Å². The number of rotatable bonds is 5. The van der Waals surface area contributed by atoms with E-state index in [4.69, 9.17) is 5.73 Å². The maximum absolute atomic E-state index is 10.5. The smallest absolute Gasteiger partial charge is 0.270 e. The summed E-state index contributed by atoms with van der Waals surface area (Å²) in [5, 5.41) is 10.5. The highest BCUT2D eigenvalue weighted by atomic mass is 79.9. The molecular formula is C9H11BrN2O2S. The summed E-state index contributed by atoms with van der Waals surface area (Å²) in [6, 6.07) is 4.81. The van der Waals surface area contributed by atoms with Crippen molar-refractivity contribution in [3.8, 4) is 0 Å². The van der Waals surface area contributed by atoms with Gasteiger partial charge < -0.3 is 5.73 Å². The van der Waals surface area contributed by atoms with Crippen LogP contribution >= 0.6 is 27.7 Å². The first-order valence-corrected chi connectivity index (χ1v) is 6.30. The molecule has 0 bridgehead atoms. The van der Waals surface area contributed by atoms with Gasteiger partial charge in [0.1, 0.15) is 0 Å². The third kappa shape index (κ3) is 3.81. The van der Waals surface area contributed by atoms with E-state index in [1.807, 2.05) is 0 Å². The molecule has 0 saturated carbocycles. The Balaban J connectivity index is 2.70. The molecule has 1 aromatic rings. The van der Waals surface area contributed by atoms with Crippen LogP contribution < -0.4 is 5.73 Å². The molecule has 0 spiro atoms. The molecule has 0 fully saturated rings. The molecule has 0 aliphatic carbocycles. The van der Waals surface area contributed by atoms with Crippen molar-refractivity contribution in [1.29, 1.82) is 0 Å². The minimum absolute atomic E-state index is 0.106. The van der Waals surface area contributed by atoms with Gasteiger partial charge in [0.15, 0.2) is 0 Å². The summed E-state index contributed by atoms with van der Waals surface area (Å²) in [7, 11) is 0. The van der Waals surface area contributed by atoms with Crippen LogP contribution in [-0.2, 0) is 5.75 Å². The first-order valence-electron chi connectivity index (χ1n) is 4.35. The second kappa shape index (κ2) is 6.09. The maximum Gasteiger partial charge on any atom is 0.270 e. The van der Waals surface area contributed by atoms with Crippen molar-refractivity contribution in [2.45, 2.75) is 5.75 Å².